The van der Waals surface area contributed by atoms with Crippen LogP contribution in [0.3, 0.4) is 0 Å². The molecular formula is C16H20BrN3O4. The quantitative estimate of drug-likeness (QED) is 0.503. The van der Waals surface area contributed by atoms with E-state index in [1.807, 2.05) is 37.3 Å². The molecule has 0 saturated heterocycles. The molecular weight excluding hydrogens is 378 g/mol. The number of nitrogens with zero attached hydrogens (tertiary/aromatic N) is 3. The van der Waals surface area contributed by atoms with E-state index >= 15 is 0 Å². The van der Waals surface area contributed by atoms with Crippen molar-refractivity contribution in [2.45, 2.75) is 25.9 Å². The van der Waals surface area contributed by atoms with E-state index in [9.17, 15) is 4.79 Å². The van der Waals surface area contributed by atoms with Gasteiger partial charge in [-0.1, -0.05) is 35.5 Å². The number of carbonyl (C=O) groups is 1. The van der Waals surface area contributed by atoms with E-state index in [1.165, 1.54) is 18.9 Å². The number of benzene rings is 1. The maximum Gasteiger partial charge on any atom is 0.352 e. The normalized spacial score (nSPS) is 13.0. The number of aromatic nitrogens is 3. The molecule has 7 nitrogen and oxygen atoms in total. The molecule has 0 aliphatic carbocycles. The first kappa shape index (κ1) is 18.7. The van der Waals surface area contributed by atoms with Crippen molar-refractivity contribution < 1.29 is 19.0 Å². The van der Waals surface area contributed by atoms with E-state index in [-0.39, 0.29) is 18.3 Å². The van der Waals surface area contributed by atoms with Crippen LogP contribution in [0.25, 0.3) is 0 Å². The third-order valence-corrected chi connectivity index (χ3v) is 4.20. The Bertz CT molecular complexity index is 686. The third kappa shape index (κ3) is 3.41. The van der Waals surface area contributed by atoms with Gasteiger partial charge in [0.2, 0.25) is 0 Å². The lowest BCUT2D eigenvalue weighted by atomic mass is 10.1. The largest absolute Gasteiger partial charge is 0.352 e. The number of carbonyl (C=O) groups excluding carboxylic acids is 1. The SMILES string of the molecule is CCOC(OC)(OC)C(=O)c1c(Br)nnn1[C@H](C)c1ccccc1. The lowest BCUT2D eigenvalue weighted by Crippen LogP contribution is -2.46. The van der Waals surface area contributed by atoms with Gasteiger partial charge in [0.05, 0.1) is 12.6 Å². The highest BCUT2D eigenvalue weighted by atomic mass is 79.9. The van der Waals surface area contributed by atoms with Crippen LogP contribution in [0.4, 0.5) is 0 Å². The molecule has 0 aliphatic heterocycles. The molecule has 1 heterocycles. The summed E-state index contributed by atoms with van der Waals surface area (Å²) in [5, 5.41) is 8.06. The summed E-state index contributed by atoms with van der Waals surface area (Å²) in [6.45, 7) is 3.91. The second kappa shape index (κ2) is 7.98. The Labute approximate surface area is 149 Å². The van der Waals surface area contributed by atoms with Crippen LogP contribution >= 0.6 is 15.9 Å². The van der Waals surface area contributed by atoms with Crippen molar-refractivity contribution in [2.75, 3.05) is 20.8 Å². The summed E-state index contributed by atoms with van der Waals surface area (Å²) in [5.41, 5.74) is 1.20. The Kier molecular flexibility index (Phi) is 6.22. The summed E-state index contributed by atoms with van der Waals surface area (Å²) in [4.78, 5) is 13.1. The first-order valence-corrected chi connectivity index (χ1v) is 8.24. The fourth-order valence-electron chi connectivity index (χ4n) is 2.40. The van der Waals surface area contributed by atoms with Gasteiger partial charge in [0.25, 0.3) is 5.78 Å². The molecule has 0 aliphatic rings. The molecule has 2 rings (SSSR count). The van der Waals surface area contributed by atoms with Crippen molar-refractivity contribution in [3.63, 3.8) is 0 Å². The van der Waals surface area contributed by atoms with Crippen LogP contribution in [0.2, 0.25) is 0 Å². The molecule has 1 atom stereocenters. The molecule has 8 heteroatoms. The molecule has 0 amide bonds. The Balaban J connectivity index is 2.48. The van der Waals surface area contributed by atoms with Gasteiger partial charge >= 0.3 is 5.97 Å². The lowest BCUT2D eigenvalue weighted by molar-refractivity contribution is -0.321. The standard InChI is InChI=1S/C16H20BrN3O4/c1-5-24-16(22-3,23-4)14(21)13-15(17)18-19-20(13)11(2)12-9-7-6-8-10-12/h6-11H,5H2,1-4H3/t11-/m1/s1. The first-order chi connectivity index (χ1) is 11.5. The number of ether oxygens (including phenoxy) is 3. The Morgan fingerprint density at radius 3 is 2.46 bits per heavy atom. The number of halogens is 1. The molecule has 0 saturated carbocycles. The smallest absolute Gasteiger partial charge is 0.324 e. The topological polar surface area (TPSA) is 75.5 Å². The number of methoxy groups -OCH3 is 2. The Morgan fingerprint density at radius 2 is 1.92 bits per heavy atom. The van der Waals surface area contributed by atoms with E-state index in [1.54, 1.807) is 6.92 Å². The average Bonchev–Trinajstić information content (AvgIpc) is 3.00. The third-order valence-electron chi connectivity index (χ3n) is 3.67. The molecule has 0 fully saturated rings. The first-order valence-electron chi connectivity index (χ1n) is 7.45. The molecule has 0 radical (unpaired) electrons. The van der Waals surface area contributed by atoms with Crippen LogP contribution in [0, 0.1) is 0 Å². The van der Waals surface area contributed by atoms with Gasteiger partial charge in [-0.2, -0.15) is 0 Å². The van der Waals surface area contributed by atoms with Crippen LogP contribution < -0.4 is 0 Å². The van der Waals surface area contributed by atoms with Gasteiger partial charge in [0.15, 0.2) is 4.60 Å². The minimum absolute atomic E-state index is 0.211. The molecule has 2 aromatic rings. The van der Waals surface area contributed by atoms with E-state index in [4.69, 9.17) is 14.2 Å². The van der Waals surface area contributed by atoms with E-state index in [2.05, 4.69) is 26.2 Å². The van der Waals surface area contributed by atoms with Crippen LogP contribution in [0.5, 0.6) is 0 Å². The minimum Gasteiger partial charge on any atom is -0.324 e. The Hall–Kier alpha value is -1.61. The van der Waals surface area contributed by atoms with Gasteiger partial charge < -0.3 is 14.2 Å². The summed E-state index contributed by atoms with van der Waals surface area (Å²) in [6.07, 6.45) is 0. The molecule has 1 aromatic carbocycles. The van der Waals surface area contributed by atoms with Crippen LogP contribution in [0.1, 0.15) is 35.9 Å². The zero-order valence-electron chi connectivity index (χ0n) is 14.0. The van der Waals surface area contributed by atoms with Crippen molar-refractivity contribution in [1.82, 2.24) is 15.0 Å². The molecule has 1 aromatic heterocycles. The molecule has 24 heavy (non-hydrogen) atoms. The summed E-state index contributed by atoms with van der Waals surface area (Å²) < 4.78 is 17.7. The van der Waals surface area contributed by atoms with Crippen molar-refractivity contribution >= 4 is 21.7 Å². The van der Waals surface area contributed by atoms with Crippen molar-refractivity contribution in [1.29, 1.82) is 0 Å². The van der Waals surface area contributed by atoms with Crippen molar-refractivity contribution in [3.8, 4) is 0 Å². The number of hydrogen-bond acceptors (Lipinski definition) is 6. The summed E-state index contributed by atoms with van der Waals surface area (Å²) in [6, 6.07) is 9.47. The molecule has 130 valence electrons. The highest BCUT2D eigenvalue weighted by molar-refractivity contribution is 9.10. The van der Waals surface area contributed by atoms with Crippen LogP contribution in [-0.4, -0.2) is 47.6 Å². The van der Waals surface area contributed by atoms with Gasteiger partial charge in [-0.15, -0.1) is 5.10 Å². The van der Waals surface area contributed by atoms with Gasteiger partial charge in [-0.25, -0.2) is 4.68 Å². The number of Topliss-reactive ketones (excluding diaryl/α,β-unsaturated/α-hetero) is 1. The monoisotopic (exact) mass is 397 g/mol. The molecule has 0 N–H and O–H groups in total. The average molecular weight is 398 g/mol. The van der Waals surface area contributed by atoms with Crippen LogP contribution in [0.15, 0.2) is 34.9 Å². The molecule has 0 bridgehead atoms. The zero-order chi connectivity index (χ0) is 17.7. The van der Waals surface area contributed by atoms with E-state index in [0.29, 0.717) is 4.60 Å². The molecule has 0 unspecified atom stereocenters. The zero-order valence-corrected chi connectivity index (χ0v) is 15.6. The number of ketones is 1. The van der Waals surface area contributed by atoms with Gasteiger partial charge in [-0.3, -0.25) is 4.79 Å². The second-order valence-corrected chi connectivity index (χ2v) is 5.74. The van der Waals surface area contributed by atoms with Crippen LogP contribution in [-0.2, 0) is 14.2 Å². The summed E-state index contributed by atoms with van der Waals surface area (Å²) in [7, 11) is 2.69. The highest BCUT2D eigenvalue weighted by Crippen LogP contribution is 2.28. The van der Waals surface area contributed by atoms with E-state index in [0.717, 1.165) is 5.56 Å². The summed E-state index contributed by atoms with van der Waals surface area (Å²) in [5.74, 6) is -2.36. The second-order valence-electron chi connectivity index (χ2n) is 4.99. The van der Waals surface area contributed by atoms with E-state index < -0.39 is 11.8 Å². The number of hydrogen-bond donors (Lipinski definition) is 0. The van der Waals surface area contributed by atoms with Crippen molar-refractivity contribution in [2.24, 2.45) is 0 Å². The molecule has 0 spiro atoms. The van der Waals surface area contributed by atoms with Gasteiger partial charge in [0, 0.05) is 14.2 Å². The van der Waals surface area contributed by atoms with Gasteiger partial charge in [0.1, 0.15) is 5.69 Å². The highest BCUT2D eigenvalue weighted by Gasteiger charge is 2.45. The minimum atomic E-state index is -1.84. The maximum atomic E-state index is 13.1. The fourth-order valence-corrected chi connectivity index (χ4v) is 2.84. The summed E-state index contributed by atoms with van der Waals surface area (Å²) >= 11 is 3.28. The predicted octanol–water partition coefficient (Wildman–Crippen LogP) is 2.82. The number of rotatable bonds is 8. The predicted molar refractivity (Wildman–Crippen MR) is 90.7 cm³/mol. The van der Waals surface area contributed by atoms with Gasteiger partial charge in [-0.05, 0) is 35.3 Å². The lowest BCUT2D eigenvalue weighted by Gasteiger charge is -2.28. The van der Waals surface area contributed by atoms with Crippen molar-refractivity contribution in [3.05, 3.63) is 46.2 Å². The Morgan fingerprint density at radius 1 is 1.29 bits per heavy atom. The maximum absolute atomic E-state index is 13.1. The fraction of sp³-hybridized carbons (Fsp3) is 0.438.